The van der Waals surface area contributed by atoms with E-state index >= 15 is 0 Å². The van der Waals surface area contributed by atoms with Gasteiger partial charge in [-0.25, -0.2) is 4.39 Å². The van der Waals surface area contributed by atoms with Gasteiger partial charge in [0, 0.05) is 17.8 Å². The molecule has 1 aromatic rings. The van der Waals surface area contributed by atoms with Crippen molar-refractivity contribution < 1.29 is 14.0 Å². The van der Waals surface area contributed by atoms with E-state index in [9.17, 15) is 14.0 Å². The van der Waals surface area contributed by atoms with Crippen LogP contribution in [0.4, 0.5) is 10.1 Å². The summed E-state index contributed by atoms with van der Waals surface area (Å²) >= 11 is 0. The van der Waals surface area contributed by atoms with Crippen molar-refractivity contribution in [1.29, 1.82) is 0 Å². The van der Waals surface area contributed by atoms with Crippen molar-refractivity contribution in [3.63, 3.8) is 0 Å². The van der Waals surface area contributed by atoms with Crippen LogP contribution in [0, 0.1) is 11.2 Å². The molecule has 2 N–H and O–H groups in total. The number of amides is 2. The molecule has 0 radical (unpaired) electrons. The fourth-order valence-corrected chi connectivity index (χ4v) is 2.95. The Bertz CT molecular complexity index is 558. The van der Waals surface area contributed by atoms with E-state index in [1.54, 1.807) is 12.1 Å². The molecule has 100 valence electrons. The minimum Gasteiger partial charge on any atom is -0.355 e. The minimum atomic E-state index is -1.04. The lowest BCUT2D eigenvalue weighted by atomic mass is 9.75. The summed E-state index contributed by atoms with van der Waals surface area (Å²) in [5.74, 6) is -0.871. The number of hydrogen-bond donors (Lipinski definition) is 2. The largest absolute Gasteiger partial charge is 0.355 e. The molecule has 1 spiro atoms. The van der Waals surface area contributed by atoms with Crippen LogP contribution in [0.25, 0.3) is 0 Å². The molecule has 5 heteroatoms. The first-order valence-electron chi connectivity index (χ1n) is 6.51. The lowest BCUT2D eigenvalue weighted by Crippen LogP contribution is -2.52. The molecule has 19 heavy (non-hydrogen) atoms. The first-order chi connectivity index (χ1) is 9.13. The summed E-state index contributed by atoms with van der Waals surface area (Å²) in [7, 11) is 0. The number of nitrogens with one attached hydrogen (secondary N) is 2. The van der Waals surface area contributed by atoms with Crippen molar-refractivity contribution >= 4 is 17.5 Å². The minimum absolute atomic E-state index is 0.232. The van der Waals surface area contributed by atoms with Crippen molar-refractivity contribution in [1.82, 2.24) is 5.32 Å². The number of benzene rings is 1. The van der Waals surface area contributed by atoms with Gasteiger partial charge in [0.05, 0.1) is 0 Å². The van der Waals surface area contributed by atoms with Crippen molar-refractivity contribution in [2.75, 3.05) is 11.9 Å². The first-order valence-corrected chi connectivity index (χ1v) is 6.51. The Morgan fingerprint density at radius 3 is 2.79 bits per heavy atom. The molecule has 0 bridgehead atoms. The second kappa shape index (κ2) is 4.33. The van der Waals surface area contributed by atoms with Gasteiger partial charge in [0.2, 0.25) is 11.8 Å². The van der Waals surface area contributed by atoms with Crippen molar-refractivity contribution in [2.45, 2.75) is 25.7 Å². The van der Waals surface area contributed by atoms with E-state index in [-0.39, 0.29) is 17.6 Å². The Labute approximate surface area is 110 Å². The lowest BCUT2D eigenvalue weighted by Gasteiger charge is -2.33. The van der Waals surface area contributed by atoms with E-state index in [1.165, 1.54) is 6.07 Å². The molecule has 0 aliphatic carbocycles. The van der Waals surface area contributed by atoms with Crippen molar-refractivity contribution in [3.05, 3.63) is 29.6 Å². The molecule has 2 amide bonds. The Balaban J connectivity index is 2.00. The predicted octanol–water partition coefficient (Wildman–Crippen LogP) is 1.61. The Morgan fingerprint density at radius 1 is 1.16 bits per heavy atom. The number of anilines is 1. The second-order valence-corrected chi connectivity index (χ2v) is 5.16. The summed E-state index contributed by atoms with van der Waals surface area (Å²) in [6, 6.07) is 4.62. The molecule has 2 heterocycles. The zero-order valence-electron chi connectivity index (χ0n) is 10.5. The van der Waals surface area contributed by atoms with Crippen LogP contribution in [0.2, 0.25) is 0 Å². The molecule has 1 atom stereocenters. The number of halogens is 1. The normalized spacial score (nSPS) is 26.4. The van der Waals surface area contributed by atoms with Crippen LogP contribution in [-0.4, -0.2) is 18.4 Å². The fraction of sp³-hybridized carbons (Fsp3) is 0.429. The standard InChI is InChI=1S/C14H15FN2O2/c15-10-3-1-4-11-9(10)5-7-14(13(19)17-11)6-2-8-16-12(14)18/h1,3-4H,2,5-8H2,(H,16,18)(H,17,19). The van der Waals surface area contributed by atoms with E-state index in [4.69, 9.17) is 0 Å². The topological polar surface area (TPSA) is 58.2 Å². The molecule has 0 saturated carbocycles. The third kappa shape index (κ3) is 1.80. The Kier molecular flexibility index (Phi) is 2.77. The first kappa shape index (κ1) is 12.1. The van der Waals surface area contributed by atoms with Gasteiger partial charge in [-0.2, -0.15) is 0 Å². The van der Waals surface area contributed by atoms with E-state index in [0.717, 1.165) is 6.42 Å². The number of carbonyl (C=O) groups excluding carboxylic acids is 2. The highest BCUT2D eigenvalue weighted by molar-refractivity contribution is 6.11. The van der Waals surface area contributed by atoms with E-state index in [1.807, 2.05) is 0 Å². The van der Waals surface area contributed by atoms with Gasteiger partial charge >= 0.3 is 0 Å². The average Bonchev–Trinajstić information content (AvgIpc) is 2.53. The second-order valence-electron chi connectivity index (χ2n) is 5.16. The number of hydrogen-bond acceptors (Lipinski definition) is 2. The van der Waals surface area contributed by atoms with E-state index in [2.05, 4.69) is 10.6 Å². The highest BCUT2D eigenvalue weighted by Gasteiger charge is 2.48. The molecule has 1 fully saturated rings. The Hall–Kier alpha value is -1.91. The highest BCUT2D eigenvalue weighted by Crippen LogP contribution is 2.38. The number of fused-ring (bicyclic) bond motifs is 1. The van der Waals surface area contributed by atoms with Gasteiger partial charge in [0.1, 0.15) is 11.2 Å². The van der Waals surface area contributed by atoms with Crippen LogP contribution >= 0.6 is 0 Å². The molecule has 2 aliphatic rings. The van der Waals surface area contributed by atoms with Crippen molar-refractivity contribution in [3.8, 4) is 0 Å². The summed E-state index contributed by atoms with van der Waals surface area (Å²) in [5, 5.41) is 5.46. The van der Waals surface area contributed by atoms with E-state index < -0.39 is 5.41 Å². The van der Waals surface area contributed by atoms with Crippen LogP contribution in [0.15, 0.2) is 18.2 Å². The third-order valence-corrected chi connectivity index (χ3v) is 4.10. The summed E-state index contributed by atoms with van der Waals surface area (Å²) in [5.41, 5.74) is -0.0599. The van der Waals surface area contributed by atoms with Gasteiger partial charge in [-0.15, -0.1) is 0 Å². The molecule has 3 rings (SSSR count). The summed E-state index contributed by atoms with van der Waals surface area (Å²) in [4.78, 5) is 24.5. The van der Waals surface area contributed by atoms with Gasteiger partial charge in [-0.05, 0) is 37.8 Å². The zero-order valence-corrected chi connectivity index (χ0v) is 10.5. The molecule has 2 aliphatic heterocycles. The zero-order chi connectivity index (χ0) is 13.5. The number of rotatable bonds is 0. The highest BCUT2D eigenvalue weighted by atomic mass is 19.1. The molecule has 0 aromatic heterocycles. The number of carbonyl (C=O) groups is 2. The van der Waals surface area contributed by atoms with Gasteiger partial charge < -0.3 is 10.6 Å². The van der Waals surface area contributed by atoms with Gasteiger partial charge in [-0.1, -0.05) is 6.07 Å². The van der Waals surface area contributed by atoms with Crippen LogP contribution < -0.4 is 10.6 Å². The van der Waals surface area contributed by atoms with Crippen LogP contribution in [0.3, 0.4) is 0 Å². The SMILES string of the molecule is O=C1NCCCC12CCc1c(F)cccc1NC2=O. The maximum atomic E-state index is 13.8. The van der Waals surface area contributed by atoms with Crippen LogP contribution in [-0.2, 0) is 16.0 Å². The van der Waals surface area contributed by atoms with Gasteiger partial charge in [0.25, 0.3) is 0 Å². The average molecular weight is 262 g/mol. The predicted molar refractivity (Wildman–Crippen MR) is 68.0 cm³/mol. The smallest absolute Gasteiger partial charge is 0.240 e. The van der Waals surface area contributed by atoms with Crippen molar-refractivity contribution in [2.24, 2.45) is 5.41 Å². The maximum Gasteiger partial charge on any atom is 0.240 e. The summed E-state index contributed by atoms with van der Waals surface area (Å²) in [6.45, 7) is 0.606. The van der Waals surface area contributed by atoms with E-state index in [0.29, 0.717) is 37.1 Å². The molecular weight excluding hydrogens is 247 g/mol. The number of piperidine rings is 1. The molecule has 1 saturated heterocycles. The maximum absolute atomic E-state index is 13.8. The van der Waals surface area contributed by atoms with Gasteiger partial charge in [-0.3, -0.25) is 9.59 Å². The Morgan fingerprint density at radius 2 is 2.00 bits per heavy atom. The monoisotopic (exact) mass is 262 g/mol. The molecule has 1 aromatic carbocycles. The fourth-order valence-electron chi connectivity index (χ4n) is 2.95. The van der Waals surface area contributed by atoms with Gasteiger partial charge in [0.15, 0.2) is 0 Å². The quantitative estimate of drug-likeness (QED) is 0.698. The van der Waals surface area contributed by atoms with Crippen LogP contribution in [0.5, 0.6) is 0 Å². The summed E-state index contributed by atoms with van der Waals surface area (Å²) in [6.07, 6.45) is 2.06. The third-order valence-electron chi connectivity index (χ3n) is 4.10. The summed E-state index contributed by atoms with van der Waals surface area (Å²) < 4.78 is 13.8. The molecule has 4 nitrogen and oxygen atoms in total. The lowest BCUT2D eigenvalue weighted by molar-refractivity contribution is -0.143. The molecular formula is C14H15FN2O2. The molecule has 1 unspecified atom stereocenters. The van der Waals surface area contributed by atoms with Crippen LogP contribution in [0.1, 0.15) is 24.8 Å².